The molecule has 7 heteroatoms. The molecule has 0 saturated heterocycles. The summed E-state index contributed by atoms with van der Waals surface area (Å²) in [4.78, 5) is 10.8. The van der Waals surface area contributed by atoms with Crippen molar-refractivity contribution in [2.45, 2.75) is 45.8 Å². The standard InChI is InChI=1S/C13H22N4O3/c1-8(2)16-13(12(17(18)19)9(3)15-16)20-11-5-10(6-11)7-14-4/h8,10-11,14H,5-7H2,1-4H3. The molecule has 0 bridgehead atoms. The molecular weight excluding hydrogens is 260 g/mol. The summed E-state index contributed by atoms with van der Waals surface area (Å²) in [5.74, 6) is 0.899. The second-order valence-electron chi connectivity index (χ2n) is 5.67. The fourth-order valence-corrected chi connectivity index (χ4v) is 2.57. The first-order valence-corrected chi connectivity index (χ1v) is 6.98. The van der Waals surface area contributed by atoms with E-state index in [1.807, 2.05) is 20.9 Å². The van der Waals surface area contributed by atoms with Crippen molar-refractivity contribution in [1.29, 1.82) is 0 Å². The summed E-state index contributed by atoms with van der Waals surface area (Å²) in [6, 6.07) is 0.0329. The minimum atomic E-state index is -0.402. The van der Waals surface area contributed by atoms with Gasteiger partial charge in [0.1, 0.15) is 11.8 Å². The lowest BCUT2D eigenvalue weighted by Gasteiger charge is -2.35. The highest BCUT2D eigenvalue weighted by Gasteiger charge is 2.35. The molecule has 0 spiro atoms. The minimum absolute atomic E-state index is 0.00392. The number of aromatic nitrogens is 2. The second kappa shape index (κ2) is 5.78. The van der Waals surface area contributed by atoms with Crippen LogP contribution in [0, 0.1) is 23.0 Å². The third-order valence-corrected chi connectivity index (χ3v) is 3.65. The molecule has 7 nitrogen and oxygen atoms in total. The SMILES string of the molecule is CNCC1CC(Oc2c([N+](=O)[O-])c(C)nn2C(C)C)C1. The molecule has 20 heavy (non-hydrogen) atoms. The van der Waals surface area contributed by atoms with Crippen molar-refractivity contribution in [3.8, 4) is 5.88 Å². The smallest absolute Gasteiger partial charge is 0.353 e. The van der Waals surface area contributed by atoms with Crippen molar-refractivity contribution < 1.29 is 9.66 Å². The summed E-state index contributed by atoms with van der Waals surface area (Å²) in [6.07, 6.45) is 1.92. The Kier molecular flexibility index (Phi) is 4.27. The Morgan fingerprint density at radius 3 is 2.70 bits per heavy atom. The highest BCUT2D eigenvalue weighted by atomic mass is 16.6. The van der Waals surface area contributed by atoms with E-state index in [1.54, 1.807) is 11.6 Å². The van der Waals surface area contributed by atoms with Gasteiger partial charge in [-0.3, -0.25) is 10.1 Å². The van der Waals surface area contributed by atoms with Gasteiger partial charge in [-0.2, -0.15) is 5.10 Å². The fourth-order valence-electron chi connectivity index (χ4n) is 2.57. The number of ether oxygens (including phenoxy) is 1. The highest BCUT2D eigenvalue weighted by Crippen LogP contribution is 2.37. The van der Waals surface area contributed by atoms with E-state index < -0.39 is 4.92 Å². The third kappa shape index (κ3) is 2.77. The molecule has 0 aliphatic heterocycles. The lowest BCUT2D eigenvalue weighted by molar-refractivity contribution is -0.386. The van der Waals surface area contributed by atoms with Crippen LogP contribution in [0.25, 0.3) is 0 Å². The highest BCUT2D eigenvalue weighted by molar-refractivity contribution is 5.46. The maximum Gasteiger partial charge on any atom is 0.353 e. The van der Waals surface area contributed by atoms with E-state index in [9.17, 15) is 10.1 Å². The van der Waals surface area contributed by atoms with Gasteiger partial charge in [-0.05, 0) is 53.1 Å². The summed E-state index contributed by atoms with van der Waals surface area (Å²) in [7, 11) is 1.93. The van der Waals surface area contributed by atoms with Crippen LogP contribution in [0.5, 0.6) is 5.88 Å². The number of aryl methyl sites for hydroxylation is 1. The zero-order chi connectivity index (χ0) is 14.9. The maximum atomic E-state index is 11.2. The van der Waals surface area contributed by atoms with Crippen LogP contribution in [0.1, 0.15) is 38.4 Å². The van der Waals surface area contributed by atoms with Gasteiger partial charge in [0.15, 0.2) is 0 Å². The molecule has 1 fully saturated rings. The number of hydrogen-bond acceptors (Lipinski definition) is 5. The van der Waals surface area contributed by atoms with E-state index in [0.717, 1.165) is 19.4 Å². The van der Waals surface area contributed by atoms with E-state index >= 15 is 0 Å². The number of hydrogen-bond donors (Lipinski definition) is 1. The predicted molar refractivity (Wildman–Crippen MR) is 75.1 cm³/mol. The molecule has 1 aliphatic rings. The zero-order valence-electron chi connectivity index (χ0n) is 12.4. The van der Waals surface area contributed by atoms with Crippen LogP contribution in [-0.2, 0) is 0 Å². The molecule has 1 N–H and O–H groups in total. The molecule has 0 radical (unpaired) electrons. The van der Waals surface area contributed by atoms with Crippen molar-refractivity contribution >= 4 is 5.69 Å². The molecule has 1 aliphatic carbocycles. The molecular formula is C13H22N4O3. The zero-order valence-corrected chi connectivity index (χ0v) is 12.4. The van der Waals surface area contributed by atoms with E-state index in [0.29, 0.717) is 17.5 Å². The summed E-state index contributed by atoms with van der Waals surface area (Å²) in [5.41, 5.74) is 0.403. The molecule has 0 atom stereocenters. The van der Waals surface area contributed by atoms with Gasteiger partial charge in [-0.15, -0.1) is 0 Å². The normalized spacial score (nSPS) is 21.9. The Bertz CT molecular complexity index is 492. The number of nitrogens with zero attached hydrogens (tertiary/aromatic N) is 3. The van der Waals surface area contributed by atoms with Gasteiger partial charge in [-0.25, -0.2) is 4.68 Å². The Labute approximate surface area is 118 Å². The fraction of sp³-hybridized carbons (Fsp3) is 0.769. The van der Waals surface area contributed by atoms with E-state index in [1.165, 1.54) is 0 Å². The van der Waals surface area contributed by atoms with E-state index in [-0.39, 0.29) is 17.8 Å². The molecule has 1 saturated carbocycles. The molecule has 2 rings (SSSR count). The van der Waals surface area contributed by atoms with Crippen LogP contribution in [0.2, 0.25) is 0 Å². The topological polar surface area (TPSA) is 82.2 Å². The van der Waals surface area contributed by atoms with Crippen molar-refractivity contribution in [3.63, 3.8) is 0 Å². The summed E-state index contributed by atoms with van der Waals surface area (Å²) < 4.78 is 7.47. The Balaban J connectivity index is 2.16. The average molecular weight is 282 g/mol. The summed E-state index contributed by atoms with van der Waals surface area (Å²) in [5, 5.41) is 18.6. The average Bonchev–Trinajstić information content (AvgIpc) is 2.63. The predicted octanol–water partition coefficient (Wildman–Crippen LogP) is 2.06. The van der Waals surface area contributed by atoms with Gasteiger partial charge in [0.2, 0.25) is 0 Å². The van der Waals surface area contributed by atoms with Crippen LogP contribution < -0.4 is 10.1 Å². The monoisotopic (exact) mass is 282 g/mol. The number of nitro groups is 1. The lowest BCUT2D eigenvalue weighted by Crippen LogP contribution is -2.39. The maximum absolute atomic E-state index is 11.2. The molecule has 0 amide bonds. The third-order valence-electron chi connectivity index (χ3n) is 3.65. The van der Waals surface area contributed by atoms with E-state index in [4.69, 9.17) is 4.74 Å². The van der Waals surface area contributed by atoms with Gasteiger partial charge < -0.3 is 10.1 Å². The molecule has 1 aromatic rings. The van der Waals surface area contributed by atoms with Crippen LogP contribution in [0.4, 0.5) is 5.69 Å². The van der Waals surface area contributed by atoms with Crippen molar-refractivity contribution in [3.05, 3.63) is 15.8 Å². The van der Waals surface area contributed by atoms with Crippen LogP contribution in [-0.4, -0.2) is 34.4 Å². The second-order valence-corrected chi connectivity index (χ2v) is 5.67. The minimum Gasteiger partial charge on any atom is -0.470 e. The molecule has 1 heterocycles. The summed E-state index contributed by atoms with van der Waals surface area (Å²) >= 11 is 0. The largest absolute Gasteiger partial charge is 0.470 e. The van der Waals surface area contributed by atoms with Crippen LogP contribution in [0.3, 0.4) is 0 Å². The van der Waals surface area contributed by atoms with Crippen molar-refractivity contribution in [1.82, 2.24) is 15.1 Å². The number of nitrogens with one attached hydrogen (secondary N) is 1. The van der Waals surface area contributed by atoms with Gasteiger partial charge in [-0.1, -0.05) is 0 Å². The van der Waals surface area contributed by atoms with Gasteiger partial charge in [0.25, 0.3) is 5.88 Å². The van der Waals surface area contributed by atoms with E-state index in [2.05, 4.69) is 10.4 Å². The number of rotatable bonds is 6. The van der Waals surface area contributed by atoms with Gasteiger partial charge in [0, 0.05) is 0 Å². The first kappa shape index (κ1) is 14.8. The quantitative estimate of drug-likeness (QED) is 0.638. The Hall–Kier alpha value is -1.63. The Morgan fingerprint density at radius 2 is 2.20 bits per heavy atom. The van der Waals surface area contributed by atoms with Gasteiger partial charge in [0.05, 0.1) is 11.0 Å². The van der Waals surface area contributed by atoms with Gasteiger partial charge >= 0.3 is 5.69 Å². The molecule has 0 aromatic carbocycles. The molecule has 0 unspecified atom stereocenters. The summed E-state index contributed by atoms with van der Waals surface area (Å²) in [6.45, 7) is 6.49. The van der Waals surface area contributed by atoms with Crippen molar-refractivity contribution in [2.24, 2.45) is 5.92 Å². The first-order valence-electron chi connectivity index (χ1n) is 6.98. The molecule has 1 aromatic heterocycles. The van der Waals surface area contributed by atoms with Crippen LogP contribution in [0.15, 0.2) is 0 Å². The first-order chi connectivity index (χ1) is 9.43. The lowest BCUT2D eigenvalue weighted by atomic mass is 9.82. The Morgan fingerprint density at radius 1 is 1.55 bits per heavy atom. The van der Waals surface area contributed by atoms with Crippen molar-refractivity contribution in [2.75, 3.05) is 13.6 Å². The van der Waals surface area contributed by atoms with Crippen LogP contribution >= 0.6 is 0 Å². The molecule has 112 valence electrons.